The van der Waals surface area contributed by atoms with Crippen LogP contribution in [-0.2, 0) is 6.54 Å². The smallest absolute Gasteiger partial charge is 0.0503 e. The highest BCUT2D eigenvalue weighted by molar-refractivity contribution is 8.00. The summed E-state index contributed by atoms with van der Waals surface area (Å²) in [4.78, 5) is 4.89. The number of hydrogen-bond donors (Lipinski definition) is 0. The lowest BCUT2D eigenvalue weighted by molar-refractivity contribution is 0.370. The monoisotopic (exact) mass is 419 g/mol. The van der Waals surface area contributed by atoms with Gasteiger partial charge in [-0.2, -0.15) is 0 Å². The minimum Gasteiger partial charge on any atom is -0.280 e. The molecule has 3 aromatic rings. The van der Waals surface area contributed by atoms with E-state index < -0.39 is 0 Å². The van der Waals surface area contributed by atoms with Crippen molar-refractivity contribution in [1.29, 1.82) is 0 Å². The maximum Gasteiger partial charge on any atom is 0.0503 e. The van der Waals surface area contributed by atoms with Crippen molar-refractivity contribution in [2.24, 2.45) is 0 Å². The Morgan fingerprint density at radius 1 is 0.615 bits per heavy atom. The second-order valence-electron chi connectivity index (χ2n) is 5.77. The number of benzene rings is 3. The maximum atomic E-state index is 5.98. The Hall–Kier alpha value is -1.10. The van der Waals surface area contributed by atoms with E-state index in [0.717, 1.165) is 28.3 Å². The van der Waals surface area contributed by atoms with Crippen LogP contribution >= 0.6 is 46.7 Å². The van der Waals surface area contributed by atoms with Crippen molar-refractivity contribution >= 4 is 46.7 Å². The van der Waals surface area contributed by atoms with E-state index in [1.165, 1.54) is 15.4 Å². The van der Waals surface area contributed by atoms with E-state index in [1.807, 2.05) is 47.8 Å². The molecule has 0 radical (unpaired) electrons. The summed E-state index contributed by atoms with van der Waals surface area (Å²) in [6.45, 7) is 0.919. The molecule has 0 fully saturated rings. The number of rotatable bonds is 8. The molecule has 0 saturated heterocycles. The zero-order chi connectivity index (χ0) is 18.2. The zero-order valence-corrected chi connectivity index (χ0v) is 17.3. The first-order valence-corrected chi connectivity index (χ1v) is 10.9. The van der Waals surface area contributed by atoms with Crippen molar-refractivity contribution in [2.45, 2.75) is 16.3 Å². The lowest BCUT2D eigenvalue weighted by Crippen LogP contribution is -2.22. The van der Waals surface area contributed by atoms with Crippen molar-refractivity contribution < 1.29 is 0 Å². The molecule has 0 amide bonds. The summed E-state index contributed by atoms with van der Waals surface area (Å²) in [5.74, 6) is 1.83. The minimum absolute atomic E-state index is 0.772. The Morgan fingerprint density at radius 3 is 1.54 bits per heavy atom. The highest BCUT2D eigenvalue weighted by Gasteiger charge is 2.08. The van der Waals surface area contributed by atoms with Gasteiger partial charge in [0.05, 0.1) is 11.8 Å². The van der Waals surface area contributed by atoms with Gasteiger partial charge in [-0.25, -0.2) is 0 Å². The van der Waals surface area contributed by atoms with Crippen molar-refractivity contribution in [2.75, 3.05) is 11.8 Å². The van der Waals surface area contributed by atoms with Gasteiger partial charge < -0.3 is 0 Å². The fourth-order valence-corrected chi connectivity index (χ4v) is 4.42. The quantitative estimate of drug-likeness (QED) is 0.278. The molecule has 0 spiro atoms. The molecule has 1 nitrogen and oxygen atoms in total. The molecule has 0 unspecified atom stereocenters. The van der Waals surface area contributed by atoms with Crippen molar-refractivity contribution in [1.82, 2.24) is 4.90 Å². The van der Waals surface area contributed by atoms with Crippen molar-refractivity contribution in [3.63, 3.8) is 0 Å². The van der Waals surface area contributed by atoms with E-state index in [1.54, 1.807) is 0 Å². The molecule has 26 heavy (non-hydrogen) atoms. The van der Waals surface area contributed by atoms with E-state index in [4.69, 9.17) is 23.2 Å². The molecule has 0 bridgehead atoms. The second kappa shape index (κ2) is 10.3. The van der Waals surface area contributed by atoms with Crippen LogP contribution in [0.5, 0.6) is 0 Å². The third kappa shape index (κ3) is 6.57. The van der Waals surface area contributed by atoms with Gasteiger partial charge in [0.15, 0.2) is 0 Å². The van der Waals surface area contributed by atoms with E-state index in [9.17, 15) is 0 Å². The van der Waals surface area contributed by atoms with Gasteiger partial charge >= 0.3 is 0 Å². The van der Waals surface area contributed by atoms with Gasteiger partial charge in [-0.05, 0) is 54.1 Å². The van der Waals surface area contributed by atoms with Gasteiger partial charge in [0.2, 0.25) is 0 Å². The zero-order valence-electron chi connectivity index (χ0n) is 14.1. The van der Waals surface area contributed by atoms with Crippen molar-refractivity contribution in [3.8, 4) is 0 Å². The normalized spacial score (nSPS) is 11.0. The van der Waals surface area contributed by atoms with Crippen LogP contribution < -0.4 is 0 Å². The van der Waals surface area contributed by atoms with Gasteiger partial charge in [0, 0.05) is 26.4 Å². The SMILES string of the molecule is Clc1ccc(SCN(CSc2ccc(Cl)cc2)Cc2ccccc2)cc1. The number of thioether (sulfide) groups is 2. The Bertz CT molecular complexity index is 743. The molecule has 0 N–H and O–H groups in total. The third-order valence-electron chi connectivity index (χ3n) is 3.70. The molecular weight excluding hydrogens is 401 g/mol. The van der Waals surface area contributed by atoms with Crippen molar-refractivity contribution in [3.05, 3.63) is 94.5 Å². The average Bonchev–Trinajstić information content (AvgIpc) is 2.67. The fourth-order valence-electron chi connectivity index (χ4n) is 2.36. The van der Waals surface area contributed by atoms with E-state index in [-0.39, 0.29) is 0 Å². The van der Waals surface area contributed by atoms with Crippen LogP contribution in [0.4, 0.5) is 0 Å². The molecule has 134 valence electrons. The van der Waals surface area contributed by atoms with Crippen LogP contribution in [0.25, 0.3) is 0 Å². The molecule has 0 aliphatic rings. The van der Waals surface area contributed by atoms with E-state index in [2.05, 4.69) is 59.5 Å². The Kier molecular flexibility index (Phi) is 7.78. The standard InChI is InChI=1S/C21H19Cl2NS2/c22-18-6-10-20(11-7-18)25-15-24(14-17-4-2-1-3-5-17)16-26-21-12-8-19(23)9-13-21/h1-13H,14-16H2. The number of nitrogens with zero attached hydrogens (tertiary/aromatic N) is 1. The first-order valence-electron chi connectivity index (χ1n) is 8.22. The Balaban J connectivity index is 1.62. The predicted octanol–water partition coefficient (Wildman–Crippen LogP) is 7.30. The van der Waals surface area contributed by atoms with Gasteiger partial charge in [-0.3, -0.25) is 4.90 Å². The summed E-state index contributed by atoms with van der Waals surface area (Å²) in [7, 11) is 0. The third-order valence-corrected chi connectivity index (χ3v) is 6.41. The van der Waals surface area contributed by atoms with Gasteiger partial charge in [-0.1, -0.05) is 53.5 Å². The highest BCUT2D eigenvalue weighted by atomic mass is 35.5. The molecule has 3 rings (SSSR count). The fraction of sp³-hybridized carbons (Fsp3) is 0.143. The topological polar surface area (TPSA) is 3.24 Å². The first-order chi connectivity index (χ1) is 12.7. The lowest BCUT2D eigenvalue weighted by Gasteiger charge is -2.22. The summed E-state index contributed by atoms with van der Waals surface area (Å²) in [5, 5.41) is 1.54. The van der Waals surface area contributed by atoms with E-state index >= 15 is 0 Å². The minimum atomic E-state index is 0.772. The molecular formula is C21H19Cl2NS2. The Labute approximate surface area is 173 Å². The van der Waals surface area contributed by atoms with Crippen LogP contribution in [-0.4, -0.2) is 16.7 Å². The highest BCUT2D eigenvalue weighted by Crippen LogP contribution is 2.26. The molecule has 0 atom stereocenters. The van der Waals surface area contributed by atoms with Crippen LogP contribution in [0.2, 0.25) is 10.0 Å². The summed E-state index contributed by atoms with van der Waals surface area (Å²) >= 11 is 15.6. The molecule has 0 aliphatic carbocycles. The molecule has 0 aliphatic heterocycles. The Morgan fingerprint density at radius 2 is 1.08 bits per heavy atom. The largest absolute Gasteiger partial charge is 0.280 e. The maximum absolute atomic E-state index is 5.98. The van der Waals surface area contributed by atoms with Gasteiger partial charge in [0.1, 0.15) is 0 Å². The first kappa shape index (κ1) is 19.7. The van der Waals surface area contributed by atoms with E-state index in [0.29, 0.717) is 0 Å². The van der Waals surface area contributed by atoms with Crippen LogP contribution in [0, 0.1) is 0 Å². The molecule has 5 heteroatoms. The summed E-state index contributed by atoms with van der Waals surface area (Å²) in [6.07, 6.45) is 0. The number of halogens is 2. The molecule has 0 aromatic heterocycles. The summed E-state index contributed by atoms with van der Waals surface area (Å²) < 4.78 is 0. The molecule has 3 aromatic carbocycles. The lowest BCUT2D eigenvalue weighted by atomic mass is 10.2. The van der Waals surface area contributed by atoms with Crippen LogP contribution in [0.1, 0.15) is 5.56 Å². The average molecular weight is 420 g/mol. The second-order valence-corrected chi connectivity index (χ2v) is 8.68. The van der Waals surface area contributed by atoms with Gasteiger partial charge in [-0.15, -0.1) is 23.5 Å². The van der Waals surface area contributed by atoms with Crippen LogP contribution in [0.15, 0.2) is 88.7 Å². The predicted molar refractivity (Wildman–Crippen MR) is 116 cm³/mol. The number of hydrogen-bond acceptors (Lipinski definition) is 3. The molecule has 0 heterocycles. The summed E-state index contributed by atoms with van der Waals surface area (Å²) in [5.41, 5.74) is 1.32. The van der Waals surface area contributed by atoms with Gasteiger partial charge in [0.25, 0.3) is 0 Å². The summed E-state index contributed by atoms with van der Waals surface area (Å²) in [6, 6.07) is 26.6. The van der Waals surface area contributed by atoms with Crippen LogP contribution in [0.3, 0.4) is 0 Å². The molecule has 0 saturated carbocycles.